The van der Waals surface area contributed by atoms with Crippen LogP contribution in [0.5, 0.6) is 5.75 Å². The topological polar surface area (TPSA) is 33.1 Å². The second-order valence-electron chi connectivity index (χ2n) is 4.16. The monoisotopic (exact) mass is 289 g/mol. The molecule has 100 valence electrons. The molecule has 3 aromatic rings. The Hall–Kier alpha value is -2.27. The molecule has 0 aliphatic carbocycles. The number of rotatable bonds is 2. The van der Waals surface area contributed by atoms with Crippen LogP contribution in [-0.4, -0.2) is 10.1 Å². The van der Waals surface area contributed by atoms with E-state index in [1.165, 1.54) is 23.5 Å². The highest BCUT2D eigenvalue weighted by Gasteiger charge is 2.14. The van der Waals surface area contributed by atoms with Gasteiger partial charge < -0.3 is 5.11 Å². The van der Waals surface area contributed by atoms with Crippen molar-refractivity contribution in [3.8, 4) is 27.6 Å². The maximum atomic E-state index is 13.7. The highest BCUT2D eigenvalue weighted by Crippen LogP contribution is 2.34. The maximum Gasteiger partial charge on any atom is 0.168 e. The Morgan fingerprint density at radius 2 is 1.70 bits per heavy atom. The van der Waals surface area contributed by atoms with E-state index in [1.807, 2.05) is 0 Å². The summed E-state index contributed by atoms with van der Waals surface area (Å²) in [6, 6.07) is 10.7. The first kappa shape index (κ1) is 12.7. The fraction of sp³-hybridized carbons (Fsp3) is 0. The number of nitrogens with zero attached hydrogens (tertiary/aromatic N) is 1. The summed E-state index contributed by atoms with van der Waals surface area (Å²) >= 11 is 1.27. The summed E-state index contributed by atoms with van der Waals surface area (Å²) in [7, 11) is 0. The van der Waals surface area contributed by atoms with Crippen LogP contribution in [0.25, 0.3) is 21.8 Å². The molecule has 0 atom stereocenters. The molecule has 3 rings (SSSR count). The van der Waals surface area contributed by atoms with Crippen LogP contribution in [0.15, 0.2) is 47.8 Å². The van der Waals surface area contributed by atoms with Gasteiger partial charge in [0.25, 0.3) is 0 Å². The van der Waals surface area contributed by atoms with Crippen LogP contribution in [0.4, 0.5) is 8.78 Å². The summed E-state index contributed by atoms with van der Waals surface area (Å²) in [6.45, 7) is 0. The number of thiazole rings is 1. The van der Waals surface area contributed by atoms with Crippen molar-refractivity contribution in [3.63, 3.8) is 0 Å². The van der Waals surface area contributed by atoms with E-state index in [0.29, 0.717) is 16.3 Å². The Morgan fingerprint density at radius 1 is 0.950 bits per heavy atom. The van der Waals surface area contributed by atoms with Gasteiger partial charge >= 0.3 is 0 Å². The number of hydrogen-bond acceptors (Lipinski definition) is 3. The highest BCUT2D eigenvalue weighted by molar-refractivity contribution is 7.13. The lowest BCUT2D eigenvalue weighted by Gasteiger charge is -2.01. The van der Waals surface area contributed by atoms with E-state index in [2.05, 4.69) is 4.98 Å². The van der Waals surface area contributed by atoms with Gasteiger partial charge in [-0.3, -0.25) is 0 Å². The molecule has 0 saturated heterocycles. The number of aromatic nitrogens is 1. The smallest absolute Gasteiger partial charge is 0.168 e. The minimum Gasteiger partial charge on any atom is -0.507 e. The molecule has 1 aromatic heterocycles. The first-order chi connectivity index (χ1) is 9.66. The predicted molar refractivity (Wildman–Crippen MR) is 74.6 cm³/mol. The van der Waals surface area contributed by atoms with Crippen LogP contribution in [0, 0.1) is 11.6 Å². The van der Waals surface area contributed by atoms with Crippen molar-refractivity contribution in [2.75, 3.05) is 0 Å². The summed E-state index contributed by atoms with van der Waals surface area (Å²) in [4.78, 5) is 4.27. The zero-order chi connectivity index (χ0) is 14.1. The lowest BCUT2D eigenvalue weighted by Crippen LogP contribution is -1.89. The van der Waals surface area contributed by atoms with Crippen molar-refractivity contribution < 1.29 is 13.9 Å². The van der Waals surface area contributed by atoms with Crippen molar-refractivity contribution in [1.82, 2.24) is 4.98 Å². The molecule has 0 spiro atoms. The number of benzene rings is 2. The minimum absolute atomic E-state index is 0.105. The van der Waals surface area contributed by atoms with Gasteiger partial charge in [0.1, 0.15) is 10.8 Å². The standard InChI is InChI=1S/C15H9F2NOS/c16-11-6-3-5-9(14(11)17)12-8-20-15(18-12)10-4-1-2-7-13(10)19/h1-8,19H. The van der Waals surface area contributed by atoms with Crippen LogP contribution in [-0.2, 0) is 0 Å². The average Bonchev–Trinajstić information content (AvgIpc) is 2.92. The molecule has 0 radical (unpaired) electrons. The lowest BCUT2D eigenvalue weighted by molar-refractivity contribution is 0.477. The fourth-order valence-corrected chi connectivity index (χ4v) is 2.73. The Bertz CT molecular complexity index is 770. The summed E-state index contributed by atoms with van der Waals surface area (Å²) in [5.41, 5.74) is 1.04. The molecule has 0 aliphatic rings. The molecule has 2 aromatic carbocycles. The molecule has 20 heavy (non-hydrogen) atoms. The Labute approximate surface area is 118 Å². The van der Waals surface area contributed by atoms with Gasteiger partial charge in [0, 0.05) is 10.9 Å². The molecule has 0 unspecified atom stereocenters. The predicted octanol–water partition coefficient (Wildman–Crippen LogP) is 4.46. The van der Waals surface area contributed by atoms with Crippen LogP contribution < -0.4 is 0 Å². The summed E-state index contributed by atoms with van der Waals surface area (Å²) in [5, 5.41) is 12.0. The van der Waals surface area contributed by atoms with Crippen molar-refractivity contribution in [1.29, 1.82) is 0 Å². The average molecular weight is 289 g/mol. The van der Waals surface area contributed by atoms with Crippen molar-refractivity contribution in [2.24, 2.45) is 0 Å². The quantitative estimate of drug-likeness (QED) is 0.755. The first-order valence-electron chi connectivity index (χ1n) is 5.85. The number of phenolic OH excluding ortho intramolecular Hbond substituents is 1. The minimum atomic E-state index is -0.915. The number of halogens is 2. The Kier molecular flexibility index (Phi) is 3.20. The highest BCUT2D eigenvalue weighted by atomic mass is 32.1. The Balaban J connectivity index is 2.07. The molecular weight excluding hydrogens is 280 g/mol. The third-order valence-corrected chi connectivity index (χ3v) is 3.74. The van der Waals surface area contributed by atoms with Gasteiger partial charge in [-0.1, -0.05) is 18.2 Å². The molecule has 0 saturated carbocycles. The fourth-order valence-electron chi connectivity index (χ4n) is 1.88. The van der Waals surface area contributed by atoms with Gasteiger partial charge in [-0.25, -0.2) is 13.8 Å². The van der Waals surface area contributed by atoms with E-state index in [1.54, 1.807) is 29.6 Å². The second kappa shape index (κ2) is 5.02. The van der Waals surface area contributed by atoms with E-state index in [0.717, 1.165) is 6.07 Å². The summed E-state index contributed by atoms with van der Waals surface area (Å²) < 4.78 is 26.9. The van der Waals surface area contributed by atoms with Crippen LogP contribution in [0.3, 0.4) is 0 Å². The number of aromatic hydroxyl groups is 1. The molecule has 1 N–H and O–H groups in total. The molecule has 0 amide bonds. The number of phenols is 1. The Morgan fingerprint density at radius 3 is 2.50 bits per heavy atom. The SMILES string of the molecule is Oc1ccccc1-c1nc(-c2cccc(F)c2F)cs1. The molecular formula is C15H9F2NOS. The van der Waals surface area contributed by atoms with E-state index in [4.69, 9.17) is 0 Å². The maximum absolute atomic E-state index is 13.7. The van der Waals surface area contributed by atoms with Crippen molar-refractivity contribution in [3.05, 3.63) is 59.5 Å². The van der Waals surface area contributed by atoms with Crippen molar-refractivity contribution in [2.45, 2.75) is 0 Å². The number of hydrogen-bond donors (Lipinski definition) is 1. The molecule has 5 heteroatoms. The molecule has 0 bridgehead atoms. The van der Waals surface area contributed by atoms with Crippen LogP contribution in [0.2, 0.25) is 0 Å². The van der Waals surface area contributed by atoms with Gasteiger partial charge in [-0.15, -0.1) is 11.3 Å². The molecule has 1 heterocycles. The zero-order valence-corrected chi connectivity index (χ0v) is 11.0. The largest absolute Gasteiger partial charge is 0.507 e. The van der Waals surface area contributed by atoms with Crippen LogP contribution in [0.1, 0.15) is 0 Å². The van der Waals surface area contributed by atoms with Crippen LogP contribution >= 0.6 is 11.3 Å². The van der Waals surface area contributed by atoms with Gasteiger partial charge in [0.2, 0.25) is 0 Å². The van der Waals surface area contributed by atoms with E-state index in [-0.39, 0.29) is 11.3 Å². The number of para-hydroxylation sites is 1. The van der Waals surface area contributed by atoms with E-state index in [9.17, 15) is 13.9 Å². The summed E-state index contributed by atoms with van der Waals surface area (Å²) in [6.07, 6.45) is 0. The van der Waals surface area contributed by atoms with Gasteiger partial charge in [-0.2, -0.15) is 0 Å². The normalized spacial score (nSPS) is 10.7. The first-order valence-corrected chi connectivity index (χ1v) is 6.73. The molecule has 0 aliphatic heterocycles. The third-order valence-electron chi connectivity index (χ3n) is 2.87. The van der Waals surface area contributed by atoms with E-state index < -0.39 is 11.6 Å². The zero-order valence-electron chi connectivity index (χ0n) is 10.2. The van der Waals surface area contributed by atoms with Gasteiger partial charge in [0.15, 0.2) is 11.6 Å². The van der Waals surface area contributed by atoms with E-state index >= 15 is 0 Å². The van der Waals surface area contributed by atoms with Gasteiger partial charge in [0.05, 0.1) is 11.3 Å². The molecule has 0 fully saturated rings. The summed E-state index contributed by atoms with van der Waals surface area (Å²) in [5.74, 6) is -1.71. The van der Waals surface area contributed by atoms with Crippen molar-refractivity contribution >= 4 is 11.3 Å². The van der Waals surface area contributed by atoms with Gasteiger partial charge in [-0.05, 0) is 24.3 Å². The lowest BCUT2D eigenvalue weighted by atomic mass is 10.1. The molecule has 2 nitrogen and oxygen atoms in total. The third kappa shape index (κ3) is 2.16. The second-order valence-corrected chi connectivity index (χ2v) is 5.01.